The van der Waals surface area contributed by atoms with Gasteiger partial charge in [0, 0.05) is 45.2 Å². The Balaban J connectivity index is 1.84. The summed E-state index contributed by atoms with van der Waals surface area (Å²) in [5, 5.41) is 2.62. The minimum Gasteiger partial charge on any atom is -0.341 e. The summed E-state index contributed by atoms with van der Waals surface area (Å²) in [5.41, 5.74) is 5.99. The lowest BCUT2D eigenvalue weighted by Gasteiger charge is -2.31. The zero-order valence-electron chi connectivity index (χ0n) is 20.7. The van der Waals surface area contributed by atoms with E-state index in [0.717, 1.165) is 24.0 Å². The molecule has 11 heteroatoms. The fourth-order valence-corrected chi connectivity index (χ4v) is 4.57. The van der Waals surface area contributed by atoms with E-state index in [1.807, 2.05) is 24.0 Å². The lowest BCUT2D eigenvalue weighted by Crippen LogP contribution is -2.44. The van der Waals surface area contributed by atoms with Crippen molar-refractivity contribution in [1.82, 2.24) is 18.7 Å². The SMILES string of the molecule is C/C=C/Cn1c(N2CCC[C@@H](N)C2)nc2c1c(=O)n(CC(=O)c1ccccc1NC(C)=O)c(=O)n2C. The van der Waals surface area contributed by atoms with Gasteiger partial charge in [0.2, 0.25) is 11.9 Å². The highest BCUT2D eigenvalue weighted by Crippen LogP contribution is 2.23. The number of amides is 1. The number of nitrogens with one attached hydrogen (secondary N) is 1. The normalized spacial score (nSPS) is 16.1. The fraction of sp³-hybridized carbons (Fsp3) is 0.400. The van der Waals surface area contributed by atoms with Crippen LogP contribution in [0.25, 0.3) is 11.2 Å². The first-order chi connectivity index (χ1) is 17.2. The number of allylic oxidation sites excluding steroid dienone is 2. The van der Waals surface area contributed by atoms with Crippen molar-refractivity contribution in [3.63, 3.8) is 0 Å². The number of piperidine rings is 1. The van der Waals surface area contributed by atoms with E-state index >= 15 is 0 Å². The average Bonchev–Trinajstić information content (AvgIpc) is 3.23. The van der Waals surface area contributed by atoms with E-state index in [4.69, 9.17) is 5.73 Å². The van der Waals surface area contributed by atoms with Crippen LogP contribution in [-0.2, 0) is 24.9 Å². The number of rotatable bonds is 7. The number of hydrogen-bond donors (Lipinski definition) is 2. The standard InChI is InChI=1S/C25H31N7O4/c1-4-5-13-31-21-22(28-24(31)30-12-8-9-17(26)14-30)29(3)25(36)32(23(21)35)15-20(34)18-10-6-7-11-19(18)27-16(2)33/h4-7,10-11,17H,8-9,12-15,26H2,1-3H3,(H,27,33)/b5-4+/t17-/m1/s1. The highest BCUT2D eigenvalue weighted by Gasteiger charge is 2.26. The molecule has 1 aliphatic rings. The van der Waals surface area contributed by atoms with E-state index < -0.39 is 23.6 Å². The van der Waals surface area contributed by atoms with Crippen LogP contribution >= 0.6 is 0 Å². The maximum absolute atomic E-state index is 13.7. The molecule has 2 aromatic heterocycles. The minimum absolute atomic E-state index is 0.00416. The molecule has 3 heterocycles. The molecule has 1 fully saturated rings. The second kappa shape index (κ2) is 10.3. The Morgan fingerprint density at radius 1 is 1.22 bits per heavy atom. The van der Waals surface area contributed by atoms with Crippen molar-refractivity contribution in [3.8, 4) is 0 Å². The quantitative estimate of drug-likeness (QED) is 0.373. The molecule has 36 heavy (non-hydrogen) atoms. The molecule has 1 aliphatic heterocycles. The molecular formula is C25H31N7O4. The molecule has 3 N–H and O–H groups in total. The summed E-state index contributed by atoms with van der Waals surface area (Å²) in [7, 11) is 1.54. The van der Waals surface area contributed by atoms with E-state index in [1.54, 1.807) is 28.8 Å². The number of carbonyl (C=O) groups is 2. The predicted octanol–water partition coefficient (Wildman–Crippen LogP) is 1.24. The molecule has 1 amide bonds. The van der Waals surface area contributed by atoms with Gasteiger partial charge in [-0.1, -0.05) is 24.3 Å². The number of ketones is 1. The average molecular weight is 494 g/mol. The van der Waals surface area contributed by atoms with Gasteiger partial charge in [0.15, 0.2) is 16.9 Å². The lowest BCUT2D eigenvalue weighted by molar-refractivity contribution is -0.114. The first kappa shape index (κ1) is 25.1. The largest absolute Gasteiger partial charge is 0.341 e. The number of hydrogen-bond acceptors (Lipinski definition) is 7. The first-order valence-corrected chi connectivity index (χ1v) is 11.9. The molecule has 190 valence electrons. The van der Waals surface area contributed by atoms with Crippen molar-refractivity contribution in [2.75, 3.05) is 23.3 Å². The van der Waals surface area contributed by atoms with Crippen molar-refractivity contribution in [1.29, 1.82) is 0 Å². The molecular weight excluding hydrogens is 462 g/mol. The second-order valence-electron chi connectivity index (χ2n) is 8.99. The number of imidazole rings is 1. The summed E-state index contributed by atoms with van der Waals surface area (Å²) in [6, 6.07) is 6.49. The zero-order chi connectivity index (χ0) is 26.0. The van der Waals surface area contributed by atoms with Crippen LogP contribution in [0.15, 0.2) is 46.0 Å². The van der Waals surface area contributed by atoms with Crippen molar-refractivity contribution >= 4 is 34.5 Å². The number of carbonyl (C=O) groups excluding carboxylic acids is 2. The van der Waals surface area contributed by atoms with Crippen molar-refractivity contribution < 1.29 is 9.59 Å². The van der Waals surface area contributed by atoms with Crippen LogP contribution in [0, 0.1) is 0 Å². The van der Waals surface area contributed by atoms with E-state index in [2.05, 4.69) is 10.3 Å². The molecule has 11 nitrogen and oxygen atoms in total. The van der Waals surface area contributed by atoms with Crippen LogP contribution < -0.4 is 27.2 Å². The van der Waals surface area contributed by atoms with Gasteiger partial charge in [-0.2, -0.15) is 4.98 Å². The Hall–Kier alpha value is -3.99. The van der Waals surface area contributed by atoms with E-state index in [9.17, 15) is 19.2 Å². The number of nitrogens with zero attached hydrogens (tertiary/aromatic N) is 5. The van der Waals surface area contributed by atoms with Gasteiger partial charge < -0.3 is 20.5 Å². The molecule has 0 unspecified atom stereocenters. The topological polar surface area (TPSA) is 137 Å². The molecule has 0 radical (unpaired) electrons. The Morgan fingerprint density at radius 3 is 2.67 bits per heavy atom. The Labute approximate surface area is 207 Å². The number of Topliss-reactive ketones (excluding diaryl/α,β-unsaturated/α-hetero) is 1. The third-order valence-corrected chi connectivity index (χ3v) is 6.32. The summed E-state index contributed by atoms with van der Waals surface area (Å²) in [6.07, 6.45) is 5.59. The van der Waals surface area contributed by atoms with Gasteiger partial charge in [0.05, 0.1) is 12.2 Å². The highest BCUT2D eigenvalue weighted by atomic mass is 16.2. The van der Waals surface area contributed by atoms with Gasteiger partial charge in [-0.3, -0.25) is 23.5 Å². The van der Waals surface area contributed by atoms with Gasteiger partial charge in [0.1, 0.15) is 0 Å². The molecule has 1 aromatic carbocycles. The van der Waals surface area contributed by atoms with Crippen LogP contribution in [0.2, 0.25) is 0 Å². The maximum Gasteiger partial charge on any atom is 0.332 e. The van der Waals surface area contributed by atoms with Gasteiger partial charge in [-0.15, -0.1) is 0 Å². The third-order valence-electron chi connectivity index (χ3n) is 6.32. The molecule has 3 aromatic rings. The molecule has 0 aliphatic carbocycles. The zero-order valence-corrected chi connectivity index (χ0v) is 20.7. The van der Waals surface area contributed by atoms with Crippen molar-refractivity contribution in [2.24, 2.45) is 12.8 Å². The summed E-state index contributed by atoms with van der Waals surface area (Å²) in [4.78, 5) is 58.4. The van der Waals surface area contributed by atoms with Crippen LogP contribution in [0.5, 0.6) is 0 Å². The predicted molar refractivity (Wildman–Crippen MR) is 139 cm³/mol. The molecule has 1 atom stereocenters. The van der Waals surface area contributed by atoms with E-state index in [-0.39, 0.29) is 28.7 Å². The number of aromatic nitrogens is 4. The van der Waals surface area contributed by atoms with E-state index in [0.29, 0.717) is 24.7 Å². The van der Waals surface area contributed by atoms with Crippen molar-refractivity contribution in [2.45, 2.75) is 45.8 Å². The Bertz CT molecular complexity index is 1460. The second-order valence-corrected chi connectivity index (χ2v) is 8.99. The lowest BCUT2D eigenvalue weighted by atomic mass is 10.1. The molecule has 4 rings (SSSR count). The number of nitrogens with two attached hydrogens (primary N) is 1. The number of para-hydroxylation sites is 1. The van der Waals surface area contributed by atoms with Crippen LogP contribution in [0.1, 0.15) is 37.0 Å². The molecule has 1 saturated heterocycles. The molecule has 0 bridgehead atoms. The Morgan fingerprint density at radius 2 is 1.97 bits per heavy atom. The van der Waals surface area contributed by atoms with Gasteiger partial charge in [-0.05, 0) is 31.9 Å². The van der Waals surface area contributed by atoms with Crippen LogP contribution in [-0.4, -0.2) is 49.5 Å². The van der Waals surface area contributed by atoms with E-state index in [1.165, 1.54) is 18.5 Å². The summed E-state index contributed by atoms with van der Waals surface area (Å²) >= 11 is 0. The summed E-state index contributed by atoms with van der Waals surface area (Å²) < 4.78 is 4.00. The van der Waals surface area contributed by atoms with Crippen molar-refractivity contribution in [3.05, 3.63) is 62.8 Å². The maximum atomic E-state index is 13.7. The number of fused-ring (bicyclic) bond motifs is 1. The molecule has 0 saturated carbocycles. The summed E-state index contributed by atoms with van der Waals surface area (Å²) in [6.45, 7) is 4.47. The van der Waals surface area contributed by atoms with Gasteiger partial charge in [0.25, 0.3) is 5.56 Å². The smallest absolute Gasteiger partial charge is 0.332 e. The minimum atomic E-state index is -0.643. The Kier molecular flexibility index (Phi) is 7.20. The van der Waals surface area contributed by atoms with Crippen LogP contribution in [0.3, 0.4) is 0 Å². The first-order valence-electron chi connectivity index (χ1n) is 11.9. The van der Waals surface area contributed by atoms with Crippen LogP contribution in [0.4, 0.5) is 11.6 Å². The summed E-state index contributed by atoms with van der Waals surface area (Å²) in [5.74, 6) is -0.229. The van der Waals surface area contributed by atoms with Gasteiger partial charge >= 0.3 is 5.69 Å². The molecule has 0 spiro atoms. The monoisotopic (exact) mass is 493 g/mol. The third kappa shape index (κ3) is 4.74. The highest BCUT2D eigenvalue weighted by molar-refractivity contribution is 6.04. The van der Waals surface area contributed by atoms with Gasteiger partial charge in [-0.25, -0.2) is 4.79 Å². The number of aryl methyl sites for hydroxylation is 1. The fourth-order valence-electron chi connectivity index (χ4n) is 4.57. The number of benzene rings is 1. The number of anilines is 2.